The van der Waals surface area contributed by atoms with Gasteiger partial charge < -0.3 is 0 Å². The highest BCUT2D eigenvalue weighted by molar-refractivity contribution is 4.86. The summed E-state index contributed by atoms with van der Waals surface area (Å²) in [5.41, 5.74) is 0. The fourth-order valence-electron chi connectivity index (χ4n) is 2.49. The van der Waals surface area contributed by atoms with Crippen molar-refractivity contribution in [2.24, 2.45) is 0 Å². The molecule has 0 N–H and O–H groups in total. The van der Waals surface area contributed by atoms with Gasteiger partial charge in [0.2, 0.25) is 0 Å². The van der Waals surface area contributed by atoms with Gasteiger partial charge in [0.15, 0.2) is 0 Å². The van der Waals surface area contributed by atoms with E-state index in [0.29, 0.717) is 0 Å². The lowest BCUT2D eigenvalue weighted by Gasteiger charge is -2.46. The summed E-state index contributed by atoms with van der Waals surface area (Å²) in [6, 6.07) is 1.87. The number of hydrogen-bond acceptors (Lipinski definition) is 1. The van der Waals surface area contributed by atoms with E-state index >= 15 is 0 Å². The molecule has 2 fully saturated rings. The summed E-state index contributed by atoms with van der Waals surface area (Å²) in [5, 5.41) is 0. The molecule has 64 valence electrons. The highest BCUT2D eigenvalue weighted by Crippen LogP contribution is 2.29. The third kappa shape index (κ3) is 1.44. The first-order valence-electron chi connectivity index (χ1n) is 5.13. The van der Waals surface area contributed by atoms with Crippen molar-refractivity contribution < 1.29 is 0 Å². The Morgan fingerprint density at radius 2 is 1.73 bits per heavy atom. The lowest BCUT2D eigenvalue weighted by atomic mass is 9.90. The molecule has 1 saturated heterocycles. The maximum absolute atomic E-state index is 2.71. The van der Waals surface area contributed by atoms with Gasteiger partial charge in [-0.2, -0.15) is 0 Å². The van der Waals surface area contributed by atoms with Crippen molar-refractivity contribution in [2.75, 3.05) is 6.54 Å². The third-order valence-corrected chi connectivity index (χ3v) is 3.41. The van der Waals surface area contributed by atoms with Gasteiger partial charge in [0, 0.05) is 18.6 Å². The Morgan fingerprint density at radius 1 is 1.00 bits per heavy atom. The van der Waals surface area contributed by atoms with Gasteiger partial charge in [0.05, 0.1) is 0 Å². The lowest BCUT2D eigenvalue weighted by molar-refractivity contribution is 0.0344. The second kappa shape index (κ2) is 3.14. The van der Waals surface area contributed by atoms with E-state index in [1.165, 1.54) is 45.1 Å². The SMILES string of the molecule is CC1CCN1C1CCCCC1. The minimum absolute atomic E-state index is 0.901. The first kappa shape index (κ1) is 7.60. The van der Waals surface area contributed by atoms with Crippen LogP contribution in [-0.4, -0.2) is 23.5 Å². The Labute approximate surface area is 69.8 Å². The molecule has 2 aliphatic rings. The van der Waals surface area contributed by atoms with Crippen LogP contribution in [0.3, 0.4) is 0 Å². The number of hydrogen-bond donors (Lipinski definition) is 0. The van der Waals surface area contributed by atoms with Crippen LogP contribution in [0, 0.1) is 0 Å². The van der Waals surface area contributed by atoms with Gasteiger partial charge in [0.1, 0.15) is 0 Å². The molecule has 0 radical (unpaired) electrons. The molecule has 2 rings (SSSR count). The molecule has 1 aliphatic carbocycles. The van der Waals surface area contributed by atoms with Crippen molar-refractivity contribution in [3.63, 3.8) is 0 Å². The van der Waals surface area contributed by atoms with Crippen LogP contribution in [0.4, 0.5) is 0 Å². The van der Waals surface area contributed by atoms with Gasteiger partial charge in [-0.3, -0.25) is 4.90 Å². The van der Waals surface area contributed by atoms with Gasteiger partial charge in [-0.15, -0.1) is 0 Å². The van der Waals surface area contributed by atoms with Crippen molar-refractivity contribution in [3.05, 3.63) is 0 Å². The van der Waals surface area contributed by atoms with Crippen molar-refractivity contribution in [3.8, 4) is 0 Å². The van der Waals surface area contributed by atoms with E-state index in [0.717, 1.165) is 12.1 Å². The molecular weight excluding hydrogens is 134 g/mol. The first-order chi connectivity index (χ1) is 5.38. The fraction of sp³-hybridized carbons (Fsp3) is 1.00. The highest BCUT2D eigenvalue weighted by atomic mass is 15.2. The normalized spacial score (nSPS) is 35.2. The second-order valence-corrected chi connectivity index (χ2v) is 4.17. The Morgan fingerprint density at radius 3 is 2.18 bits per heavy atom. The molecule has 0 aromatic heterocycles. The zero-order chi connectivity index (χ0) is 7.68. The number of rotatable bonds is 1. The first-order valence-corrected chi connectivity index (χ1v) is 5.13. The van der Waals surface area contributed by atoms with E-state index in [-0.39, 0.29) is 0 Å². The second-order valence-electron chi connectivity index (χ2n) is 4.17. The van der Waals surface area contributed by atoms with Gasteiger partial charge in [-0.05, 0) is 26.2 Å². The molecule has 0 bridgehead atoms. The van der Waals surface area contributed by atoms with Crippen molar-refractivity contribution >= 4 is 0 Å². The maximum atomic E-state index is 2.71. The van der Waals surface area contributed by atoms with E-state index in [9.17, 15) is 0 Å². The molecule has 1 saturated carbocycles. The molecule has 0 spiro atoms. The Hall–Kier alpha value is -0.0400. The zero-order valence-corrected chi connectivity index (χ0v) is 7.55. The van der Waals surface area contributed by atoms with Gasteiger partial charge in [-0.25, -0.2) is 0 Å². The smallest absolute Gasteiger partial charge is 0.00980 e. The molecular formula is C10H19N. The molecule has 1 unspecified atom stereocenters. The standard InChI is InChI=1S/C10H19N/c1-9-7-8-11(9)10-5-3-2-4-6-10/h9-10H,2-8H2,1H3. The van der Waals surface area contributed by atoms with E-state index in [1.807, 2.05) is 0 Å². The number of likely N-dealkylation sites (tertiary alicyclic amines) is 1. The van der Waals surface area contributed by atoms with E-state index in [1.54, 1.807) is 0 Å². The van der Waals surface area contributed by atoms with Crippen molar-refractivity contribution in [1.82, 2.24) is 4.90 Å². The summed E-state index contributed by atoms with van der Waals surface area (Å²) >= 11 is 0. The third-order valence-electron chi connectivity index (χ3n) is 3.41. The zero-order valence-electron chi connectivity index (χ0n) is 7.55. The minimum Gasteiger partial charge on any atom is -0.298 e. The Kier molecular flexibility index (Phi) is 2.17. The molecule has 1 heteroatoms. The summed E-state index contributed by atoms with van der Waals surface area (Å²) in [7, 11) is 0. The van der Waals surface area contributed by atoms with Gasteiger partial charge >= 0.3 is 0 Å². The van der Waals surface area contributed by atoms with Crippen LogP contribution in [0.5, 0.6) is 0 Å². The van der Waals surface area contributed by atoms with Crippen molar-refractivity contribution in [1.29, 1.82) is 0 Å². The van der Waals surface area contributed by atoms with E-state index in [4.69, 9.17) is 0 Å². The predicted octanol–water partition coefficient (Wildman–Crippen LogP) is 2.41. The molecule has 0 aromatic rings. The molecule has 1 aliphatic heterocycles. The number of nitrogens with zero attached hydrogens (tertiary/aromatic N) is 1. The van der Waals surface area contributed by atoms with Crippen LogP contribution in [0.25, 0.3) is 0 Å². The predicted molar refractivity (Wildman–Crippen MR) is 47.7 cm³/mol. The van der Waals surface area contributed by atoms with Crippen LogP contribution in [0.2, 0.25) is 0 Å². The van der Waals surface area contributed by atoms with Crippen LogP contribution in [0.15, 0.2) is 0 Å². The summed E-state index contributed by atoms with van der Waals surface area (Å²) in [4.78, 5) is 2.71. The van der Waals surface area contributed by atoms with Crippen LogP contribution < -0.4 is 0 Å². The average molecular weight is 153 g/mol. The molecule has 0 aromatic carbocycles. The monoisotopic (exact) mass is 153 g/mol. The maximum Gasteiger partial charge on any atom is 0.00980 e. The van der Waals surface area contributed by atoms with Gasteiger partial charge in [-0.1, -0.05) is 19.3 Å². The summed E-state index contributed by atoms with van der Waals surface area (Å²) < 4.78 is 0. The molecule has 1 heterocycles. The van der Waals surface area contributed by atoms with Gasteiger partial charge in [0.25, 0.3) is 0 Å². The van der Waals surface area contributed by atoms with Crippen LogP contribution in [0.1, 0.15) is 45.4 Å². The summed E-state index contributed by atoms with van der Waals surface area (Å²) in [6.45, 7) is 3.75. The lowest BCUT2D eigenvalue weighted by Crippen LogP contribution is -2.52. The topological polar surface area (TPSA) is 3.24 Å². The molecule has 1 atom stereocenters. The fourth-order valence-corrected chi connectivity index (χ4v) is 2.49. The molecule has 1 nitrogen and oxygen atoms in total. The summed E-state index contributed by atoms with van der Waals surface area (Å²) in [5.74, 6) is 0. The molecule has 11 heavy (non-hydrogen) atoms. The van der Waals surface area contributed by atoms with E-state index in [2.05, 4.69) is 11.8 Å². The largest absolute Gasteiger partial charge is 0.298 e. The Bertz CT molecular complexity index is 127. The quantitative estimate of drug-likeness (QED) is 0.559. The van der Waals surface area contributed by atoms with Crippen LogP contribution in [-0.2, 0) is 0 Å². The van der Waals surface area contributed by atoms with Crippen LogP contribution >= 0.6 is 0 Å². The summed E-state index contributed by atoms with van der Waals surface area (Å²) in [6.07, 6.45) is 8.84. The average Bonchev–Trinajstić information content (AvgIpc) is 2.04. The van der Waals surface area contributed by atoms with Crippen molar-refractivity contribution in [2.45, 2.75) is 57.5 Å². The van der Waals surface area contributed by atoms with E-state index < -0.39 is 0 Å². The molecule has 0 amide bonds. The Balaban J connectivity index is 1.83. The minimum atomic E-state index is 0.901. The highest BCUT2D eigenvalue weighted by Gasteiger charge is 2.30.